The van der Waals surface area contributed by atoms with Crippen molar-refractivity contribution in [2.24, 2.45) is 12.2 Å². The number of aromatic nitrogens is 1. The largest absolute Gasteiger partial charge is 0.411 e. The SMILES string of the molecule is C[n+]1ccc(/C=N/O)c(F)c1. The molecular weight excluding hydrogens is 147 g/mol. The number of pyridine rings is 1. The molecule has 1 aromatic rings. The molecule has 1 heterocycles. The van der Waals surface area contributed by atoms with Gasteiger partial charge < -0.3 is 5.21 Å². The molecule has 0 fully saturated rings. The third-order valence-electron chi connectivity index (χ3n) is 1.28. The second kappa shape index (κ2) is 3.09. The molecule has 0 aliphatic carbocycles. The van der Waals surface area contributed by atoms with E-state index in [1.807, 2.05) is 0 Å². The average molecular weight is 155 g/mol. The van der Waals surface area contributed by atoms with E-state index in [1.54, 1.807) is 17.8 Å². The summed E-state index contributed by atoms with van der Waals surface area (Å²) in [6.45, 7) is 0. The Balaban J connectivity index is 3.09. The summed E-state index contributed by atoms with van der Waals surface area (Å²) in [4.78, 5) is 0. The average Bonchev–Trinajstić information content (AvgIpc) is 1.95. The molecule has 4 heteroatoms. The van der Waals surface area contributed by atoms with Crippen LogP contribution >= 0.6 is 0 Å². The van der Waals surface area contributed by atoms with Crippen LogP contribution in [0.5, 0.6) is 0 Å². The fraction of sp³-hybridized carbons (Fsp3) is 0.143. The Morgan fingerprint density at radius 3 is 3.00 bits per heavy atom. The first-order chi connectivity index (χ1) is 5.24. The first kappa shape index (κ1) is 7.65. The lowest BCUT2D eigenvalue weighted by Gasteiger charge is -1.91. The monoisotopic (exact) mass is 155 g/mol. The van der Waals surface area contributed by atoms with Crippen molar-refractivity contribution in [2.75, 3.05) is 0 Å². The topological polar surface area (TPSA) is 36.5 Å². The van der Waals surface area contributed by atoms with E-state index in [0.717, 1.165) is 6.21 Å². The molecule has 0 spiro atoms. The fourth-order valence-electron chi connectivity index (χ4n) is 0.741. The second-order valence-electron chi connectivity index (χ2n) is 2.16. The Hall–Kier alpha value is -1.45. The molecule has 0 aliphatic rings. The van der Waals surface area contributed by atoms with Crippen LogP contribution in [0.25, 0.3) is 0 Å². The zero-order valence-corrected chi connectivity index (χ0v) is 6.03. The summed E-state index contributed by atoms with van der Waals surface area (Å²) < 4.78 is 14.4. The van der Waals surface area contributed by atoms with Gasteiger partial charge in [-0.05, 0) is 0 Å². The van der Waals surface area contributed by atoms with E-state index in [2.05, 4.69) is 5.16 Å². The summed E-state index contributed by atoms with van der Waals surface area (Å²) in [6.07, 6.45) is 4.02. The second-order valence-corrected chi connectivity index (χ2v) is 2.16. The maximum atomic E-state index is 12.8. The molecular formula is C7H8FN2O+. The molecule has 1 rings (SSSR count). The minimum Gasteiger partial charge on any atom is -0.411 e. The smallest absolute Gasteiger partial charge is 0.205 e. The van der Waals surface area contributed by atoms with Crippen molar-refractivity contribution in [3.8, 4) is 0 Å². The molecule has 0 saturated carbocycles. The van der Waals surface area contributed by atoms with Crippen LogP contribution in [0, 0.1) is 5.82 Å². The van der Waals surface area contributed by atoms with Crippen LogP contribution in [0.3, 0.4) is 0 Å². The molecule has 11 heavy (non-hydrogen) atoms. The van der Waals surface area contributed by atoms with Crippen LogP contribution in [-0.4, -0.2) is 11.4 Å². The van der Waals surface area contributed by atoms with Gasteiger partial charge in [-0.3, -0.25) is 0 Å². The maximum absolute atomic E-state index is 12.8. The molecule has 0 aliphatic heterocycles. The van der Waals surface area contributed by atoms with Gasteiger partial charge in [0.15, 0.2) is 12.0 Å². The van der Waals surface area contributed by atoms with Crippen molar-refractivity contribution >= 4 is 6.21 Å². The van der Waals surface area contributed by atoms with Gasteiger partial charge in [0.25, 0.3) is 0 Å². The number of halogens is 1. The number of nitrogens with zero attached hydrogens (tertiary/aromatic N) is 2. The third kappa shape index (κ3) is 1.73. The summed E-state index contributed by atoms with van der Waals surface area (Å²) in [5.41, 5.74) is 0.269. The number of rotatable bonds is 1. The van der Waals surface area contributed by atoms with Crippen LogP contribution in [0.1, 0.15) is 5.56 Å². The predicted molar refractivity (Wildman–Crippen MR) is 37.0 cm³/mol. The van der Waals surface area contributed by atoms with E-state index in [4.69, 9.17) is 5.21 Å². The summed E-state index contributed by atoms with van der Waals surface area (Å²) in [5, 5.41) is 10.8. The highest BCUT2D eigenvalue weighted by molar-refractivity contribution is 5.78. The summed E-state index contributed by atoms with van der Waals surface area (Å²) in [7, 11) is 1.71. The highest BCUT2D eigenvalue weighted by atomic mass is 19.1. The van der Waals surface area contributed by atoms with Crippen LogP contribution < -0.4 is 4.57 Å². The van der Waals surface area contributed by atoms with Crippen molar-refractivity contribution in [1.82, 2.24) is 0 Å². The lowest BCUT2D eigenvalue weighted by atomic mass is 10.3. The van der Waals surface area contributed by atoms with Gasteiger partial charge in [0, 0.05) is 11.6 Å². The van der Waals surface area contributed by atoms with E-state index < -0.39 is 5.82 Å². The number of hydrogen-bond donors (Lipinski definition) is 1. The van der Waals surface area contributed by atoms with Crippen LogP contribution in [0.2, 0.25) is 0 Å². The number of oxime groups is 1. The molecule has 0 aromatic carbocycles. The lowest BCUT2D eigenvalue weighted by Crippen LogP contribution is -2.27. The molecule has 1 N–H and O–H groups in total. The summed E-state index contributed by atoms with van der Waals surface area (Å²) in [5.74, 6) is -0.409. The Kier molecular flexibility index (Phi) is 2.15. The molecule has 58 valence electrons. The molecule has 0 radical (unpaired) electrons. The minimum absolute atomic E-state index is 0.269. The minimum atomic E-state index is -0.409. The van der Waals surface area contributed by atoms with Gasteiger partial charge in [-0.15, -0.1) is 0 Å². The normalized spacial score (nSPS) is 10.7. The first-order valence-electron chi connectivity index (χ1n) is 3.06. The Bertz CT molecular complexity index is 286. The highest BCUT2D eigenvalue weighted by Crippen LogP contribution is 1.98. The third-order valence-corrected chi connectivity index (χ3v) is 1.28. The highest BCUT2D eigenvalue weighted by Gasteiger charge is 2.03. The Morgan fingerprint density at radius 2 is 2.45 bits per heavy atom. The summed E-state index contributed by atoms with van der Waals surface area (Å²) in [6, 6.07) is 1.52. The molecule has 0 unspecified atom stereocenters. The number of hydrogen-bond acceptors (Lipinski definition) is 2. The summed E-state index contributed by atoms with van der Waals surface area (Å²) >= 11 is 0. The lowest BCUT2D eigenvalue weighted by molar-refractivity contribution is -0.673. The van der Waals surface area contributed by atoms with Crippen LogP contribution in [-0.2, 0) is 7.05 Å². The van der Waals surface area contributed by atoms with Gasteiger partial charge >= 0.3 is 0 Å². The first-order valence-corrected chi connectivity index (χ1v) is 3.06. The van der Waals surface area contributed by atoms with E-state index >= 15 is 0 Å². The quantitative estimate of drug-likeness (QED) is 0.272. The van der Waals surface area contributed by atoms with Crippen molar-refractivity contribution in [3.05, 3.63) is 29.8 Å². The van der Waals surface area contributed by atoms with Gasteiger partial charge in [0.05, 0.1) is 6.21 Å². The van der Waals surface area contributed by atoms with E-state index in [-0.39, 0.29) is 5.56 Å². The Morgan fingerprint density at radius 1 is 1.73 bits per heavy atom. The van der Waals surface area contributed by atoms with E-state index in [0.29, 0.717) is 0 Å². The van der Waals surface area contributed by atoms with Crippen molar-refractivity contribution < 1.29 is 14.2 Å². The molecule has 0 amide bonds. The van der Waals surface area contributed by atoms with Gasteiger partial charge in [0.2, 0.25) is 6.20 Å². The standard InChI is InChI=1S/C7H7FN2O/c1-10-3-2-6(4-9-11)7(8)5-10/h2-5H,1H3/p+1. The van der Waals surface area contributed by atoms with Gasteiger partial charge in [0.1, 0.15) is 7.05 Å². The van der Waals surface area contributed by atoms with Crippen molar-refractivity contribution in [1.29, 1.82) is 0 Å². The molecule has 0 saturated heterocycles. The zero-order chi connectivity index (χ0) is 8.27. The zero-order valence-electron chi connectivity index (χ0n) is 6.03. The number of aryl methyl sites for hydroxylation is 1. The molecule has 1 aromatic heterocycles. The maximum Gasteiger partial charge on any atom is 0.205 e. The van der Waals surface area contributed by atoms with Crippen molar-refractivity contribution in [2.45, 2.75) is 0 Å². The van der Waals surface area contributed by atoms with Gasteiger partial charge in [-0.1, -0.05) is 5.16 Å². The molecule has 0 bridgehead atoms. The van der Waals surface area contributed by atoms with Gasteiger partial charge in [-0.25, -0.2) is 4.57 Å². The van der Waals surface area contributed by atoms with Gasteiger partial charge in [-0.2, -0.15) is 4.39 Å². The fourth-order valence-corrected chi connectivity index (χ4v) is 0.741. The predicted octanol–water partition coefficient (Wildman–Crippen LogP) is 0.458. The van der Waals surface area contributed by atoms with Crippen molar-refractivity contribution in [3.63, 3.8) is 0 Å². The Labute approximate surface area is 63.4 Å². The van der Waals surface area contributed by atoms with Crippen LogP contribution in [0.15, 0.2) is 23.6 Å². The molecule has 3 nitrogen and oxygen atoms in total. The van der Waals surface area contributed by atoms with E-state index in [1.165, 1.54) is 12.3 Å². The van der Waals surface area contributed by atoms with Crippen LogP contribution in [0.4, 0.5) is 4.39 Å². The van der Waals surface area contributed by atoms with E-state index in [9.17, 15) is 4.39 Å². The molecule has 0 atom stereocenters.